The molecule has 2 aliphatic rings. The lowest BCUT2D eigenvalue weighted by Crippen LogP contribution is -2.48. The van der Waals surface area contributed by atoms with Crippen molar-refractivity contribution >= 4 is 39.5 Å². The number of rotatable bonds is 5. The van der Waals surface area contributed by atoms with E-state index in [0.717, 1.165) is 16.9 Å². The van der Waals surface area contributed by atoms with Crippen LogP contribution in [0.4, 0.5) is 11.4 Å². The number of anilines is 2. The molecule has 0 unspecified atom stereocenters. The second-order valence-corrected chi connectivity index (χ2v) is 10.0. The molecule has 1 saturated heterocycles. The molecule has 0 bridgehead atoms. The van der Waals surface area contributed by atoms with Gasteiger partial charge in [-0.05, 0) is 60.7 Å². The number of carbonyl (C=O) groups is 3. The summed E-state index contributed by atoms with van der Waals surface area (Å²) in [7, 11) is -3.73. The summed E-state index contributed by atoms with van der Waals surface area (Å²) in [5.74, 6) is -0.845. The highest BCUT2D eigenvalue weighted by Gasteiger charge is 2.36. The van der Waals surface area contributed by atoms with Crippen LogP contribution in [0.1, 0.15) is 31.1 Å². The molecule has 0 aliphatic carbocycles. The molecule has 0 spiro atoms. The van der Waals surface area contributed by atoms with Crippen LogP contribution in [0.2, 0.25) is 0 Å². The van der Waals surface area contributed by atoms with Crippen LogP contribution >= 0.6 is 0 Å². The number of nitrogens with zero attached hydrogens (tertiary/aromatic N) is 3. The van der Waals surface area contributed by atoms with Crippen LogP contribution in [0.3, 0.4) is 0 Å². The molecule has 172 valence electrons. The van der Waals surface area contributed by atoms with E-state index in [1.807, 2.05) is 12.1 Å². The van der Waals surface area contributed by atoms with E-state index in [4.69, 9.17) is 0 Å². The SMILES string of the molecule is O=Cc1ccc(N2CCN(S(=O)(=O)c3ccc(N4C(=O)c5ccccc5C4=O)cc3)CC2)cc1. The van der Waals surface area contributed by atoms with Crippen molar-refractivity contribution in [2.75, 3.05) is 36.0 Å². The van der Waals surface area contributed by atoms with Crippen LogP contribution in [-0.2, 0) is 10.0 Å². The van der Waals surface area contributed by atoms with Crippen molar-refractivity contribution in [1.82, 2.24) is 4.31 Å². The first-order valence-electron chi connectivity index (χ1n) is 10.8. The number of piperazine rings is 1. The van der Waals surface area contributed by atoms with Crippen LogP contribution < -0.4 is 9.80 Å². The topological polar surface area (TPSA) is 95.1 Å². The third-order valence-corrected chi connectivity index (χ3v) is 8.07. The summed E-state index contributed by atoms with van der Waals surface area (Å²) in [4.78, 5) is 39.4. The first-order valence-corrected chi connectivity index (χ1v) is 12.2. The molecule has 5 rings (SSSR count). The van der Waals surface area contributed by atoms with E-state index in [2.05, 4.69) is 4.90 Å². The molecule has 2 amide bonds. The van der Waals surface area contributed by atoms with E-state index in [1.165, 1.54) is 28.6 Å². The summed E-state index contributed by atoms with van der Waals surface area (Å²) in [6.45, 7) is 1.68. The Morgan fingerprint density at radius 3 is 1.74 bits per heavy atom. The van der Waals surface area contributed by atoms with Gasteiger partial charge in [-0.25, -0.2) is 13.3 Å². The highest BCUT2D eigenvalue weighted by molar-refractivity contribution is 7.89. The maximum atomic E-state index is 13.2. The normalized spacial score (nSPS) is 16.6. The van der Waals surface area contributed by atoms with Gasteiger partial charge in [0.2, 0.25) is 10.0 Å². The van der Waals surface area contributed by atoms with Gasteiger partial charge in [0, 0.05) is 37.4 Å². The standard InChI is InChI=1S/C25H21N3O5S/c29-17-18-5-7-19(8-6-18)26-13-15-27(16-14-26)34(32,33)21-11-9-20(10-12-21)28-24(30)22-3-1-2-4-23(22)25(28)31/h1-12,17H,13-16H2. The third kappa shape index (κ3) is 3.68. The number of hydrogen-bond donors (Lipinski definition) is 0. The lowest BCUT2D eigenvalue weighted by molar-refractivity contribution is 0.0925. The van der Waals surface area contributed by atoms with E-state index in [1.54, 1.807) is 36.4 Å². The van der Waals surface area contributed by atoms with Gasteiger partial charge in [0.05, 0.1) is 21.7 Å². The van der Waals surface area contributed by atoms with Gasteiger partial charge in [0.15, 0.2) is 0 Å². The van der Waals surface area contributed by atoms with Crippen LogP contribution in [0.15, 0.2) is 77.7 Å². The summed E-state index contributed by atoms with van der Waals surface area (Å²) < 4.78 is 27.8. The lowest BCUT2D eigenvalue weighted by Gasteiger charge is -2.35. The highest BCUT2D eigenvalue weighted by atomic mass is 32.2. The average molecular weight is 476 g/mol. The van der Waals surface area contributed by atoms with Crippen LogP contribution in [0.5, 0.6) is 0 Å². The molecule has 0 N–H and O–H groups in total. The van der Waals surface area contributed by atoms with Crippen molar-refractivity contribution in [2.24, 2.45) is 0 Å². The molecule has 0 aromatic heterocycles. The fraction of sp³-hybridized carbons (Fsp3) is 0.160. The monoisotopic (exact) mass is 475 g/mol. The van der Waals surface area contributed by atoms with Gasteiger partial charge >= 0.3 is 0 Å². The lowest BCUT2D eigenvalue weighted by atomic mass is 10.1. The summed E-state index contributed by atoms with van der Waals surface area (Å²) in [6.07, 6.45) is 0.786. The van der Waals surface area contributed by atoms with Crippen molar-refractivity contribution in [1.29, 1.82) is 0 Å². The summed E-state index contributed by atoms with van der Waals surface area (Å²) in [5, 5.41) is 0. The second-order valence-electron chi connectivity index (χ2n) is 8.09. The molecule has 3 aromatic rings. The Kier molecular flexibility index (Phi) is 5.51. The van der Waals surface area contributed by atoms with E-state index < -0.39 is 21.8 Å². The van der Waals surface area contributed by atoms with Gasteiger partial charge in [-0.15, -0.1) is 0 Å². The van der Waals surface area contributed by atoms with Crippen LogP contribution in [0, 0.1) is 0 Å². The molecule has 3 aromatic carbocycles. The summed E-state index contributed by atoms with van der Waals surface area (Å²) in [5.41, 5.74) is 2.53. The van der Waals surface area contributed by atoms with Gasteiger partial charge in [0.25, 0.3) is 11.8 Å². The van der Waals surface area contributed by atoms with Crippen molar-refractivity contribution in [3.63, 3.8) is 0 Å². The second kappa shape index (κ2) is 8.51. The quantitative estimate of drug-likeness (QED) is 0.416. The Bertz CT molecular complexity index is 1340. The van der Waals surface area contributed by atoms with Crippen molar-refractivity contribution < 1.29 is 22.8 Å². The number of carbonyl (C=O) groups excluding carboxylic acids is 3. The van der Waals surface area contributed by atoms with Gasteiger partial charge in [0.1, 0.15) is 6.29 Å². The zero-order valence-corrected chi connectivity index (χ0v) is 18.9. The van der Waals surface area contributed by atoms with E-state index in [0.29, 0.717) is 48.6 Å². The minimum absolute atomic E-state index is 0.108. The number of benzene rings is 3. The van der Waals surface area contributed by atoms with Crippen molar-refractivity contribution in [3.8, 4) is 0 Å². The molecule has 8 nitrogen and oxygen atoms in total. The molecule has 0 atom stereocenters. The fourth-order valence-electron chi connectivity index (χ4n) is 4.29. The number of hydrogen-bond acceptors (Lipinski definition) is 6. The van der Waals surface area contributed by atoms with E-state index >= 15 is 0 Å². The van der Waals surface area contributed by atoms with E-state index in [9.17, 15) is 22.8 Å². The Balaban J connectivity index is 1.29. The third-order valence-electron chi connectivity index (χ3n) is 6.16. The molecule has 2 heterocycles. The number of aldehydes is 1. The maximum absolute atomic E-state index is 13.2. The minimum Gasteiger partial charge on any atom is -0.369 e. The molecule has 1 fully saturated rings. The predicted octanol–water partition coefficient (Wildman–Crippen LogP) is 2.81. The molecular weight excluding hydrogens is 454 g/mol. The zero-order chi connectivity index (χ0) is 23.9. The Morgan fingerprint density at radius 1 is 0.676 bits per heavy atom. The van der Waals surface area contributed by atoms with Crippen molar-refractivity contribution in [3.05, 3.63) is 89.5 Å². The molecule has 34 heavy (non-hydrogen) atoms. The molecular formula is C25H21N3O5S. The number of imide groups is 1. The Morgan fingerprint density at radius 2 is 1.21 bits per heavy atom. The predicted molar refractivity (Wildman–Crippen MR) is 127 cm³/mol. The molecule has 0 saturated carbocycles. The smallest absolute Gasteiger partial charge is 0.266 e. The number of amides is 2. The highest BCUT2D eigenvalue weighted by Crippen LogP contribution is 2.30. The fourth-order valence-corrected chi connectivity index (χ4v) is 5.71. The van der Waals surface area contributed by atoms with E-state index in [-0.39, 0.29) is 4.90 Å². The van der Waals surface area contributed by atoms with Gasteiger partial charge in [-0.3, -0.25) is 14.4 Å². The molecule has 0 radical (unpaired) electrons. The van der Waals surface area contributed by atoms with Crippen LogP contribution in [-0.4, -0.2) is 57.0 Å². The van der Waals surface area contributed by atoms with Gasteiger partial charge < -0.3 is 4.90 Å². The largest absolute Gasteiger partial charge is 0.369 e. The first-order chi connectivity index (χ1) is 16.4. The summed E-state index contributed by atoms with van der Waals surface area (Å²) in [6, 6.07) is 19.6. The maximum Gasteiger partial charge on any atom is 0.266 e. The Labute approximate surface area is 197 Å². The van der Waals surface area contributed by atoms with Crippen molar-refractivity contribution in [2.45, 2.75) is 4.90 Å². The summed E-state index contributed by atoms with van der Waals surface area (Å²) >= 11 is 0. The van der Waals surface area contributed by atoms with Crippen LogP contribution in [0.25, 0.3) is 0 Å². The number of fused-ring (bicyclic) bond motifs is 1. The Hall–Kier alpha value is -3.82. The zero-order valence-electron chi connectivity index (χ0n) is 18.1. The molecule has 9 heteroatoms. The number of sulfonamides is 1. The van der Waals surface area contributed by atoms with Gasteiger partial charge in [-0.1, -0.05) is 12.1 Å². The first kappa shape index (κ1) is 22.0. The van der Waals surface area contributed by atoms with Gasteiger partial charge in [-0.2, -0.15) is 4.31 Å². The average Bonchev–Trinajstić information content (AvgIpc) is 3.14. The minimum atomic E-state index is -3.73. The molecule has 2 aliphatic heterocycles.